The molecule has 0 heterocycles. The lowest BCUT2D eigenvalue weighted by atomic mass is 9.91. The lowest BCUT2D eigenvalue weighted by molar-refractivity contribution is 0.379. The third-order valence-electron chi connectivity index (χ3n) is 3.87. The summed E-state index contributed by atoms with van der Waals surface area (Å²) in [6, 6.07) is 3.46. The van der Waals surface area contributed by atoms with E-state index in [0.29, 0.717) is 12.1 Å². The largest absolute Gasteiger partial charge is 0.206 e. The van der Waals surface area contributed by atoms with E-state index in [1.807, 2.05) is 0 Å². The monoisotopic (exact) mass is 410 g/mol. The Bertz CT molecular complexity index is 1090. The van der Waals surface area contributed by atoms with Crippen LogP contribution in [0.3, 0.4) is 0 Å². The molecule has 0 fully saturated rings. The van der Waals surface area contributed by atoms with Gasteiger partial charge < -0.3 is 0 Å². The Kier molecular flexibility index (Phi) is 4.82. The normalized spacial score (nSPS) is 11.2. The lowest BCUT2D eigenvalue weighted by Crippen LogP contribution is -2.10. The van der Waals surface area contributed by atoms with Crippen LogP contribution in [0.2, 0.25) is 0 Å². The standard InChI is InChI=1S/C18H4F10/c19-6-4-2-1-3-5(6)7-8(11(21)15(25)14(24)10(7)20)9-12(22)16(26)18(28)17(27)13(9)23/h1-4H. The fourth-order valence-electron chi connectivity index (χ4n) is 2.61. The number of halogens is 10. The van der Waals surface area contributed by atoms with Crippen molar-refractivity contribution in [2.45, 2.75) is 0 Å². The first-order valence-corrected chi connectivity index (χ1v) is 7.22. The van der Waals surface area contributed by atoms with Gasteiger partial charge in [-0.25, -0.2) is 43.9 Å². The first-order chi connectivity index (χ1) is 13.1. The summed E-state index contributed by atoms with van der Waals surface area (Å²) < 4.78 is 139. The molecule has 0 aliphatic carbocycles. The van der Waals surface area contributed by atoms with Gasteiger partial charge in [0.1, 0.15) is 5.82 Å². The molecular weight excluding hydrogens is 406 g/mol. The van der Waals surface area contributed by atoms with Gasteiger partial charge in [0.15, 0.2) is 46.5 Å². The molecule has 0 amide bonds. The Hall–Kier alpha value is -3.04. The minimum Gasteiger partial charge on any atom is -0.206 e. The van der Waals surface area contributed by atoms with Crippen molar-refractivity contribution >= 4 is 0 Å². The molecule has 0 bridgehead atoms. The number of rotatable bonds is 2. The molecular formula is C18H4F10. The second kappa shape index (κ2) is 6.84. The molecule has 0 aromatic heterocycles. The van der Waals surface area contributed by atoms with Gasteiger partial charge in [-0.15, -0.1) is 0 Å². The molecule has 10 heteroatoms. The van der Waals surface area contributed by atoms with E-state index in [9.17, 15) is 43.9 Å². The molecule has 0 saturated heterocycles. The molecule has 0 saturated carbocycles. The van der Waals surface area contributed by atoms with E-state index in [4.69, 9.17) is 0 Å². The maximum Gasteiger partial charge on any atom is 0.200 e. The molecule has 0 aliphatic heterocycles. The van der Waals surface area contributed by atoms with Crippen LogP contribution in [0.5, 0.6) is 0 Å². The van der Waals surface area contributed by atoms with Crippen molar-refractivity contribution in [1.82, 2.24) is 0 Å². The zero-order chi connectivity index (χ0) is 20.9. The Balaban J connectivity index is 2.60. The van der Waals surface area contributed by atoms with Crippen molar-refractivity contribution in [3.05, 3.63) is 82.4 Å². The van der Waals surface area contributed by atoms with Crippen molar-refractivity contribution in [3.8, 4) is 22.3 Å². The summed E-state index contributed by atoms with van der Waals surface area (Å²) >= 11 is 0. The summed E-state index contributed by atoms with van der Waals surface area (Å²) in [5, 5.41) is 0. The molecule has 0 N–H and O–H groups in total. The van der Waals surface area contributed by atoms with E-state index < -0.39 is 80.4 Å². The molecule has 0 unspecified atom stereocenters. The van der Waals surface area contributed by atoms with Crippen LogP contribution in [-0.4, -0.2) is 0 Å². The lowest BCUT2D eigenvalue weighted by Gasteiger charge is -2.16. The van der Waals surface area contributed by atoms with Crippen LogP contribution in [0.1, 0.15) is 0 Å². The minimum atomic E-state index is -2.63. The third kappa shape index (κ3) is 2.71. The van der Waals surface area contributed by atoms with E-state index >= 15 is 0 Å². The van der Waals surface area contributed by atoms with Gasteiger partial charge in [0, 0.05) is 16.7 Å². The van der Waals surface area contributed by atoms with Gasteiger partial charge in [-0.1, -0.05) is 18.2 Å². The van der Waals surface area contributed by atoms with Crippen LogP contribution in [0.15, 0.2) is 24.3 Å². The Labute approximate surface area is 149 Å². The highest BCUT2D eigenvalue weighted by Crippen LogP contribution is 2.43. The average Bonchev–Trinajstić information content (AvgIpc) is 2.68. The molecule has 146 valence electrons. The van der Waals surface area contributed by atoms with E-state index in [0.717, 1.165) is 12.1 Å². The van der Waals surface area contributed by atoms with Crippen molar-refractivity contribution in [1.29, 1.82) is 0 Å². The molecule has 0 aliphatic rings. The number of benzene rings is 3. The van der Waals surface area contributed by atoms with Crippen molar-refractivity contribution < 1.29 is 43.9 Å². The van der Waals surface area contributed by atoms with Gasteiger partial charge in [-0.05, 0) is 6.07 Å². The first kappa shape index (κ1) is 19.7. The SMILES string of the molecule is Fc1ccccc1-c1c(F)c(F)c(F)c(F)c1-c1c(F)c(F)c(F)c(F)c1F. The van der Waals surface area contributed by atoms with Crippen molar-refractivity contribution in [2.24, 2.45) is 0 Å². The van der Waals surface area contributed by atoms with Crippen LogP contribution in [0, 0.1) is 58.2 Å². The van der Waals surface area contributed by atoms with Crippen LogP contribution < -0.4 is 0 Å². The van der Waals surface area contributed by atoms with Crippen LogP contribution in [-0.2, 0) is 0 Å². The Morgan fingerprint density at radius 1 is 0.357 bits per heavy atom. The molecule has 0 atom stereocenters. The predicted molar refractivity (Wildman–Crippen MR) is 76.9 cm³/mol. The fraction of sp³-hybridized carbons (Fsp3) is 0. The minimum absolute atomic E-state index is 0.663. The summed E-state index contributed by atoms with van der Waals surface area (Å²) in [5.74, 6) is -24.2. The average molecular weight is 410 g/mol. The van der Waals surface area contributed by atoms with Gasteiger partial charge in [0.25, 0.3) is 0 Å². The highest BCUT2D eigenvalue weighted by Gasteiger charge is 2.35. The third-order valence-corrected chi connectivity index (χ3v) is 3.87. The molecule has 0 spiro atoms. The maximum atomic E-state index is 14.4. The topological polar surface area (TPSA) is 0 Å². The Morgan fingerprint density at radius 2 is 0.714 bits per heavy atom. The van der Waals surface area contributed by atoms with E-state index in [1.165, 1.54) is 0 Å². The van der Waals surface area contributed by atoms with Crippen LogP contribution in [0.4, 0.5) is 43.9 Å². The molecule has 3 rings (SSSR count). The van der Waals surface area contributed by atoms with Crippen molar-refractivity contribution in [2.75, 3.05) is 0 Å². The van der Waals surface area contributed by atoms with E-state index in [1.54, 1.807) is 0 Å². The van der Waals surface area contributed by atoms with Crippen LogP contribution >= 0.6 is 0 Å². The number of hydrogen-bond acceptors (Lipinski definition) is 0. The second-order valence-corrected chi connectivity index (χ2v) is 5.43. The molecule has 3 aromatic rings. The number of hydrogen-bond donors (Lipinski definition) is 0. The molecule has 3 aromatic carbocycles. The highest BCUT2D eigenvalue weighted by atomic mass is 19.2. The summed E-state index contributed by atoms with van der Waals surface area (Å²) in [6.45, 7) is 0. The highest BCUT2D eigenvalue weighted by molar-refractivity contribution is 5.85. The van der Waals surface area contributed by atoms with E-state index in [2.05, 4.69) is 0 Å². The molecule has 0 radical (unpaired) electrons. The van der Waals surface area contributed by atoms with Crippen LogP contribution in [0.25, 0.3) is 22.3 Å². The summed E-state index contributed by atoms with van der Waals surface area (Å²) in [4.78, 5) is 0. The second-order valence-electron chi connectivity index (χ2n) is 5.43. The molecule has 0 nitrogen and oxygen atoms in total. The van der Waals surface area contributed by atoms with Gasteiger partial charge in [0.2, 0.25) is 5.82 Å². The van der Waals surface area contributed by atoms with Crippen molar-refractivity contribution in [3.63, 3.8) is 0 Å². The predicted octanol–water partition coefficient (Wildman–Crippen LogP) is 6.41. The summed E-state index contributed by atoms with van der Waals surface area (Å²) in [7, 11) is 0. The zero-order valence-electron chi connectivity index (χ0n) is 13.1. The fourth-order valence-corrected chi connectivity index (χ4v) is 2.61. The summed E-state index contributed by atoms with van der Waals surface area (Å²) in [6.07, 6.45) is 0. The zero-order valence-corrected chi connectivity index (χ0v) is 13.1. The Morgan fingerprint density at radius 3 is 1.18 bits per heavy atom. The smallest absolute Gasteiger partial charge is 0.200 e. The first-order valence-electron chi connectivity index (χ1n) is 7.22. The van der Waals surface area contributed by atoms with Gasteiger partial charge in [-0.3, -0.25) is 0 Å². The van der Waals surface area contributed by atoms with Gasteiger partial charge in [-0.2, -0.15) is 0 Å². The quantitative estimate of drug-likeness (QED) is 0.260. The van der Waals surface area contributed by atoms with Gasteiger partial charge in [0.05, 0.1) is 5.56 Å². The van der Waals surface area contributed by atoms with Gasteiger partial charge >= 0.3 is 0 Å². The van der Waals surface area contributed by atoms with E-state index in [-0.39, 0.29) is 0 Å². The summed E-state index contributed by atoms with van der Waals surface area (Å²) in [5.41, 5.74) is -6.51. The maximum absolute atomic E-state index is 14.4. The molecule has 28 heavy (non-hydrogen) atoms.